The van der Waals surface area contributed by atoms with E-state index in [2.05, 4.69) is 41.4 Å². The highest BCUT2D eigenvalue weighted by Gasteiger charge is 2.15. The second-order valence-corrected chi connectivity index (χ2v) is 6.48. The lowest BCUT2D eigenvalue weighted by atomic mass is 10.0. The van der Waals surface area contributed by atoms with Gasteiger partial charge in [0.05, 0.1) is 6.04 Å². The van der Waals surface area contributed by atoms with Crippen LogP contribution in [0.25, 0.3) is 0 Å². The minimum Gasteiger partial charge on any atom is -0.484 e. The number of hydrogen-bond acceptors (Lipinski definition) is 3. The van der Waals surface area contributed by atoms with Gasteiger partial charge in [-0.1, -0.05) is 48.9 Å². The Balaban J connectivity index is 1.87. The normalized spacial score (nSPS) is 12.0. The first-order chi connectivity index (χ1) is 12.0. The van der Waals surface area contributed by atoms with Crippen molar-refractivity contribution in [3.8, 4) is 5.75 Å². The highest BCUT2D eigenvalue weighted by Crippen LogP contribution is 2.18. The molecule has 0 heterocycles. The maximum atomic E-state index is 12.1. The maximum Gasteiger partial charge on any atom is 0.258 e. The van der Waals surface area contributed by atoms with Crippen molar-refractivity contribution in [2.75, 3.05) is 27.2 Å². The molecule has 0 radical (unpaired) electrons. The highest BCUT2D eigenvalue weighted by molar-refractivity contribution is 5.77. The van der Waals surface area contributed by atoms with E-state index in [1.807, 2.05) is 45.3 Å². The van der Waals surface area contributed by atoms with Crippen molar-refractivity contribution in [3.05, 3.63) is 65.2 Å². The van der Waals surface area contributed by atoms with Gasteiger partial charge in [0.1, 0.15) is 5.75 Å². The van der Waals surface area contributed by atoms with Crippen LogP contribution in [0.3, 0.4) is 0 Å². The number of carbonyl (C=O) groups excluding carboxylic acids is 1. The lowest BCUT2D eigenvalue weighted by Gasteiger charge is -2.25. The number of likely N-dealkylation sites (N-methyl/N-ethyl adjacent to an activating group) is 1. The SMILES string of the molecule is CCc1ccc(C(CNC(=O)COc2ccc(C)cc2)N(C)C)cc1. The molecule has 4 nitrogen and oxygen atoms in total. The Kier molecular flexibility index (Phi) is 7.02. The lowest BCUT2D eigenvalue weighted by molar-refractivity contribution is -0.123. The smallest absolute Gasteiger partial charge is 0.258 e. The molecule has 1 atom stereocenters. The average molecular weight is 340 g/mol. The van der Waals surface area contributed by atoms with E-state index in [1.54, 1.807) is 0 Å². The minimum absolute atomic E-state index is 0.0258. The van der Waals surface area contributed by atoms with Crippen LogP contribution in [0.5, 0.6) is 5.75 Å². The molecule has 0 saturated carbocycles. The number of rotatable bonds is 8. The molecule has 1 amide bonds. The molecule has 134 valence electrons. The van der Waals surface area contributed by atoms with E-state index >= 15 is 0 Å². The quantitative estimate of drug-likeness (QED) is 0.801. The first-order valence-electron chi connectivity index (χ1n) is 8.71. The standard InChI is InChI=1S/C21H28N2O2/c1-5-17-8-10-18(11-9-17)20(23(3)4)14-22-21(24)15-25-19-12-6-16(2)7-13-19/h6-13,20H,5,14-15H2,1-4H3,(H,22,24). The van der Waals surface area contributed by atoms with E-state index in [0.29, 0.717) is 12.3 Å². The molecular formula is C21H28N2O2. The average Bonchev–Trinajstić information content (AvgIpc) is 2.61. The number of nitrogens with one attached hydrogen (secondary N) is 1. The van der Waals surface area contributed by atoms with E-state index in [9.17, 15) is 4.79 Å². The second-order valence-electron chi connectivity index (χ2n) is 6.48. The van der Waals surface area contributed by atoms with Gasteiger partial charge in [-0.15, -0.1) is 0 Å². The van der Waals surface area contributed by atoms with Crippen LogP contribution in [0.1, 0.15) is 29.7 Å². The van der Waals surface area contributed by atoms with Crippen LogP contribution in [0.15, 0.2) is 48.5 Å². The van der Waals surface area contributed by atoms with Crippen molar-refractivity contribution in [1.82, 2.24) is 10.2 Å². The van der Waals surface area contributed by atoms with Crippen LogP contribution >= 0.6 is 0 Å². The molecular weight excluding hydrogens is 312 g/mol. The zero-order valence-electron chi connectivity index (χ0n) is 15.6. The van der Waals surface area contributed by atoms with Gasteiger partial charge in [-0.2, -0.15) is 0 Å². The Morgan fingerprint density at radius 2 is 1.72 bits per heavy atom. The Hall–Kier alpha value is -2.33. The van der Waals surface area contributed by atoms with Gasteiger partial charge in [0.2, 0.25) is 0 Å². The van der Waals surface area contributed by atoms with Crippen LogP contribution in [0, 0.1) is 6.92 Å². The van der Waals surface area contributed by atoms with Gasteiger partial charge >= 0.3 is 0 Å². The molecule has 0 bridgehead atoms. The Labute approximate surface area is 150 Å². The van der Waals surface area contributed by atoms with Crippen LogP contribution in [0.2, 0.25) is 0 Å². The van der Waals surface area contributed by atoms with Crippen LogP contribution in [-0.4, -0.2) is 38.1 Å². The molecule has 0 aromatic heterocycles. The van der Waals surface area contributed by atoms with Crippen LogP contribution < -0.4 is 10.1 Å². The predicted molar refractivity (Wildman–Crippen MR) is 102 cm³/mol. The number of benzene rings is 2. The molecule has 0 fully saturated rings. The lowest BCUT2D eigenvalue weighted by Crippen LogP contribution is -2.36. The molecule has 2 aromatic carbocycles. The molecule has 0 spiro atoms. The van der Waals surface area contributed by atoms with Gasteiger partial charge in [-0.05, 0) is 50.7 Å². The third-order valence-corrected chi connectivity index (χ3v) is 4.28. The second kappa shape index (κ2) is 9.23. The Morgan fingerprint density at radius 3 is 2.28 bits per heavy atom. The molecule has 1 N–H and O–H groups in total. The fourth-order valence-electron chi connectivity index (χ4n) is 2.62. The van der Waals surface area contributed by atoms with Crippen molar-refractivity contribution in [2.24, 2.45) is 0 Å². The van der Waals surface area contributed by atoms with Crippen LogP contribution in [0.4, 0.5) is 0 Å². The van der Waals surface area contributed by atoms with E-state index in [0.717, 1.165) is 6.42 Å². The first-order valence-corrected chi connectivity index (χ1v) is 8.71. The van der Waals surface area contributed by atoms with Crippen LogP contribution in [-0.2, 0) is 11.2 Å². The van der Waals surface area contributed by atoms with E-state index in [4.69, 9.17) is 4.74 Å². The summed E-state index contributed by atoms with van der Waals surface area (Å²) in [6, 6.07) is 16.4. The maximum absolute atomic E-state index is 12.1. The molecule has 1 unspecified atom stereocenters. The monoisotopic (exact) mass is 340 g/mol. The molecule has 0 aliphatic rings. The molecule has 0 saturated heterocycles. The van der Waals surface area contributed by atoms with Crippen molar-refractivity contribution in [2.45, 2.75) is 26.3 Å². The van der Waals surface area contributed by atoms with Crippen molar-refractivity contribution in [1.29, 1.82) is 0 Å². The molecule has 2 aromatic rings. The third-order valence-electron chi connectivity index (χ3n) is 4.28. The summed E-state index contributed by atoms with van der Waals surface area (Å²) in [5.74, 6) is 0.595. The third kappa shape index (κ3) is 5.91. The summed E-state index contributed by atoms with van der Waals surface area (Å²) >= 11 is 0. The number of aryl methyl sites for hydroxylation is 2. The predicted octanol–water partition coefficient (Wildman–Crippen LogP) is 3.36. The summed E-state index contributed by atoms with van der Waals surface area (Å²) in [4.78, 5) is 14.2. The van der Waals surface area contributed by atoms with Gasteiger partial charge in [0, 0.05) is 6.54 Å². The topological polar surface area (TPSA) is 41.6 Å². The summed E-state index contributed by atoms with van der Waals surface area (Å²) in [5.41, 5.74) is 3.68. The zero-order chi connectivity index (χ0) is 18.2. The zero-order valence-corrected chi connectivity index (χ0v) is 15.6. The van der Waals surface area contributed by atoms with Gasteiger partial charge in [-0.25, -0.2) is 0 Å². The van der Waals surface area contributed by atoms with Gasteiger partial charge < -0.3 is 15.0 Å². The Morgan fingerprint density at radius 1 is 1.08 bits per heavy atom. The summed E-state index contributed by atoms with van der Waals surface area (Å²) in [6.45, 7) is 4.74. The van der Waals surface area contributed by atoms with Crippen molar-refractivity contribution >= 4 is 5.91 Å². The van der Waals surface area contributed by atoms with Crippen molar-refractivity contribution in [3.63, 3.8) is 0 Å². The number of amides is 1. The Bertz CT molecular complexity index is 663. The minimum atomic E-state index is -0.113. The van der Waals surface area contributed by atoms with E-state index in [1.165, 1.54) is 16.7 Å². The van der Waals surface area contributed by atoms with E-state index in [-0.39, 0.29) is 18.6 Å². The largest absolute Gasteiger partial charge is 0.484 e. The number of hydrogen-bond donors (Lipinski definition) is 1. The van der Waals surface area contributed by atoms with E-state index < -0.39 is 0 Å². The number of nitrogens with zero attached hydrogens (tertiary/aromatic N) is 1. The molecule has 2 rings (SSSR count). The van der Waals surface area contributed by atoms with Gasteiger partial charge in [0.25, 0.3) is 5.91 Å². The summed E-state index contributed by atoms with van der Waals surface area (Å²) < 4.78 is 5.53. The summed E-state index contributed by atoms with van der Waals surface area (Å²) in [7, 11) is 4.04. The van der Waals surface area contributed by atoms with Gasteiger partial charge in [-0.3, -0.25) is 4.79 Å². The summed E-state index contributed by atoms with van der Waals surface area (Å²) in [5, 5.41) is 2.97. The number of carbonyl (C=O) groups is 1. The molecule has 4 heteroatoms. The first kappa shape index (κ1) is 19.0. The fraction of sp³-hybridized carbons (Fsp3) is 0.381. The summed E-state index contributed by atoms with van der Waals surface area (Å²) in [6.07, 6.45) is 1.03. The molecule has 25 heavy (non-hydrogen) atoms. The molecule has 0 aliphatic heterocycles. The molecule has 0 aliphatic carbocycles. The number of ether oxygens (including phenoxy) is 1. The highest BCUT2D eigenvalue weighted by atomic mass is 16.5. The van der Waals surface area contributed by atoms with Crippen molar-refractivity contribution < 1.29 is 9.53 Å². The fourth-order valence-corrected chi connectivity index (χ4v) is 2.62. The van der Waals surface area contributed by atoms with Gasteiger partial charge in [0.15, 0.2) is 6.61 Å².